The van der Waals surface area contributed by atoms with E-state index in [0.29, 0.717) is 33.3 Å². The van der Waals surface area contributed by atoms with Crippen LogP contribution in [0.25, 0.3) is 21.8 Å². The van der Waals surface area contributed by atoms with Crippen molar-refractivity contribution in [3.05, 3.63) is 30.6 Å². The van der Waals surface area contributed by atoms with E-state index in [4.69, 9.17) is 4.74 Å². The van der Waals surface area contributed by atoms with Crippen LogP contribution in [0.2, 0.25) is 0 Å². The number of nitrogens with one attached hydrogen (secondary N) is 1. The number of piperidine rings is 1. The Bertz CT molecular complexity index is 1100. The average molecular weight is 443 g/mol. The standard InChI is InChI=1S/C21H23FN6O2S/c1-28(16-8-12-4-6-14(25-12)19(16)22)21-27-26-20(31-21)13-5-3-11(7-17(13)29)15-9-18(30-2)24-10-23-15/h3,5,7,9-10,12,14,16,19,25,29H,4,6,8H2,1-2H3/t12?,14?,16-,19+/m1/s1. The minimum atomic E-state index is -0.936. The Labute approximate surface area is 183 Å². The number of nitrogens with zero attached hydrogens (tertiary/aromatic N) is 5. The van der Waals surface area contributed by atoms with E-state index in [1.165, 1.54) is 24.8 Å². The van der Waals surface area contributed by atoms with Crippen molar-refractivity contribution in [2.75, 3.05) is 19.1 Å². The highest BCUT2D eigenvalue weighted by atomic mass is 32.1. The number of phenolic OH excluding ortho intramolecular Hbond substituents is 1. The predicted molar refractivity (Wildman–Crippen MR) is 116 cm³/mol. The molecule has 2 aliphatic heterocycles. The van der Waals surface area contributed by atoms with Crippen LogP contribution in [0.3, 0.4) is 0 Å². The number of fused-ring (bicyclic) bond motifs is 2. The second kappa shape index (κ2) is 8.01. The highest BCUT2D eigenvalue weighted by molar-refractivity contribution is 7.18. The summed E-state index contributed by atoms with van der Waals surface area (Å²) in [6, 6.07) is 7.04. The van der Waals surface area contributed by atoms with Gasteiger partial charge in [0, 0.05) is 30.8 Å². The molecule has 0 radical (unpaired) electrons. The first kappa shape index (κ1) is 20.1. The number of anilines is 1. The van der Waals surface area contributed by atoms with Crippen molar-refractivity contribution in [3.8, 4) is 33.5 Å². The van der Waals surface area contributed by atoms with Gasteiger partial charge in [-0.05, 0) is 31.4 Å². The second-order valence-corrected chi connectivity index (χ2v) is 8.93. The van der Waals surface area contributed by atoms with Crippen molar-refractivity contribution in [1.29, 1.82) is 0 Å². The molecule has 0 spiro atoms. The summed E-state index contributed by atoms with van der Waals surface area (Å²) < 4.78 is 20.1. The molecular weight excluding hydrogens is 419 g/mol. The molecule has 0 amide bonds. The molecule has 162 valence electrons. The summed E-state index contributed by atoms with van der Waals surface area (Å²) in [7, 11) is 3.41. The maximum absolute atomic E-state index is 14.9. The van der Waals surface area contributed by atoms with Crippen LogP contribution < -0.4 is 15.0 Å². The monoisotopic (exact) mass is 442 g/mol. The first-order valence-electron chi connectivity index (χ1n) is 10.2. The minimum absolute atomic E-state index is 0.0729. The predicted octanol–water partition coefficient (Wildman–Crippen LogP) is 3.04. The van der Waals surface area contributed by atoms with Crippen LogP contribution in [-0.2, 0) is 0 Å². The molecule has 31 heavy (non-hydrogen) atoms. The molecule has 1 aromatic carbocycles. The lowest BCUT2D eigenvalue weighted by Crippen LogP contribution is -2.55. The Balaban J connectivity index is 1.38. The number of rotatable bonds is 5. The molecule has 2 saturated heterocycles. The molecule has 2 N–H and O–H groups in total. The number of phenols is 1. The number of hydrogen-bond acceptors (Lipinski definition) is 9. The van der Waals surface area contributed by atoms with E-state index in [9.17, 15) is 9.50 Å². The van der Waals surface area contributed by atoms with Crippen molar-refractivity contribution in [2.24, 2.45) is 0 Å². The summed E-state index contributed by atoms with van der Waals surface area (Å²) in [5, 5.41) is 23.7. The fourth-order valence-electron chi connectivity index (χ4n) is 4.44. The van der Waals surface area contributed by atoms with E-state index in [1.54, 1.807) is 18.2 Å². The molecule has 4 heterocycles. The Morgan fingerprint density at radius 1 is 1.23 bits per heavy atom. The SMILES string of the molecule is COc1cc(-c2ccc(-c3nnc(N(C)[C@@H]4CC5CCC(N5)[C@@H]4F)s3)c(O)c2)ncn1. The zero-order valence-electron chi connectivity index (χ0n) is 17.2. The number of alkyl halides is 1. The number of aromatic nitrogens is 4. The molecule has 4 atom stereocenters. The van der Waals surface area contributed by atoms with E-state index in [1.807, 2.05) is 18.0 Å². The maximum Gasteiger partial charge on any atom is 0.216 e. The van der Waals surface area contributed by atoms with Crippen LogP contribution in [0.5, 0.6) is 11.6 Å². The summed E-state index contributed by atoms with van der Waals surface area (Å²) in [6.45, 7) is 0. The van der Waals surface area contributed by atoms with Crippen molar-refractivity contribution in [1.82, 2.24) is 25.5 Å². The third kappa shape index (κ3) is 3.70. The quantitative estimate of drug-likeness (QED) is 0.623. The van der Waals surface area contributed by atoms with Gasteiger partial charge < -0.3 is 20.1 Å². The Kier molecular flexibility index (Phi) is 5.19. The normalized spacial score (nSPS) is 24.9. The molecule has 2 aromatic heterocycles. The van der Waals surface area contributed by atoms with Crippen LogP contribution in [0, 0.1) is 0 Å². The van der Waals surface area contributed by atoms with Gasteiger partial charge in [0.15, 0.2) is 5.01 Å². The molecule has 5 rings (SSSR count). The van der Waals surface area contributed by atoms with Gasteiger partial charge >= 0.3 is 0 Å². The smallest absolute Gasteiger partial charge is 0.216 e. The first-order chi connectivity index (χ1) is 15.0. The van der Waals surface area contributed by atoms with Gasteiger partial charge in [-0.15, -0.1) is 10.2 Å². The van der Waals surface area contributed by atoms with E-state index < -0.39 is 6.17 Å². The van der Waals surface area contributed by atoms with E-state index in [2.05, 4.69) is 25.5 Å². The van der Waals surface area contributed by atoms with E-state index in [0.717, 1.165) is 24.8 Å². The van der Waals surface area contributed by atoms with Crippen molar-refractivity contribution < 1.29 is 14.2 Å². The van der Waals surface area contributed by atoms with Crippen molar-refractivity contribution >= 4 is 16.5 Å². The highest BCUT2D eigenvalue weighted by Gasteiger charge is 2.44. The third-order valence-electron chi connectivity index (χ3n) is 6.14. The topological polar surface area (TPSA) is 96.3 Å². The molecule has 2 fully saturated rings. The van der Waals surface area contributed by atoms with E-state index in [-0.39, 0.29) is 17.8 Å². The lowest BCUT2D eigenvalue weighted by atomic mass is 9.97. The summed E-state index contributed by atoms with van der Waals surface area (Å²) in [4.78, 5) is 10.1. The number of benzene rings is 1. The Morgan fingerprint density at radius 3 is 2.90 bits per heavy atom. The largest absolute Gasteiger partial charge is 0.507 e. The van der Waals surface area contributed by atoms with Gasteiger partial charge in [0.05, 0.1) is 24.4 Å². The van der Waals surface area contributed by atoms with Gasteiger partial charge in [-0.3, -0.25) is 0 Å². The minimum Gasteiger partial charge on any atom is -0.507 e. The number of aromatic hydroxyl groups is 1. The second-order valence-electron chi connectivity index (χ2n) is 7.97. The first-order valence-corrected chi connectivity index (χ1v) is 11.0. The van der Waals surface area contributed by atoms with Gasteiger partial charge in [0.1, 0.15) is 18.2 Å². The number of ether oxygens (including phenoxy) is 1. The van der Waals surface area contributed by atoms with Crippen LogP contribution in [-0.4, -0.2) is 63.7 Å². The Morgan fingerprint density at radius 2 is 2.10 bits per heavy atom. The van der Waals surface area contributed by atoms with Gasteiger partial charge in [-0.1, -0.05) is 17.4 Å². The summed E-state index contributed by atoms with van der Waals surface area (Å²) in [5.74, 6) is 0.520. The molecule has 10 heteroatoms. The number of hydrogen-bond donors (Lipinski definition) is 2. The van der Waals surface area contributed by atoms with Crippen LogP contribution >= 0.6 is 11.3 Å². The summed E-state index contributed by atoms with van der Waals surface area (Å²) in [5.41, 5.74) is 1.94. The average Bonchev–Trinajstić information content (AvgIpc) is 3.44. The van der Waals surface area contributed by atoms with Gasteiger partial charge in [-0.2, -0.15) is 0 Å². The third-order valence-corrected chi connectivity index (χ3v) is 7.19. The molecule has 2 aliphatic rings. The van der Waals surface area contributed by atoms with Crippen LogP contribution in [0.15, 0.2) is 30.6 Å². The lowest BCUT2D eigenvalue weighted by Gasteiger charge is -2.38. The maximum atomic E-state index is 14.9. The van der Waals surface area contributed by atoms with Crippen molar-refractivity contribution in [3.63, 3.8) is 0 Å². The van der Waals surface area contributed by atoms with Crippen molar-refractivity contribution in [2.45, 2.75) is 43.6 Å². The summed E-state index contributed by atoms with van der Waals surface area (Å²) >= 11 is 1.35. The molecule has 2 bridgehead atoms. The van der Waals surface area contributed by atoms with Gasteiger partial charge in [0.2, 0.25) is 11.0 Å². The highest BCUT2D eigenvalue weighted by Crippen LogP contribution is 2.39. The summed E-state index contributed by atoms with van der Waals surface area (Å²) in [6.07, 6.45) is 3.14. The number of methoxy groups -OCH3 is 1. The zero-order valence-corrected chi connectivity index (χ0v) is 18.0. The lowest BCUT2D eigenvalue weighted by molar-refractivity contribution is 0.176. The molecule has 0 saturated carbocycles. The Hall–Kier alpha value is -2.85. The molecular formula is C21H23FN6O2S. The fraction of sp³-hybridized carbons (Fsp3) is 0.429. The fourth-order valence-corrected chi connectivity index (χ4v) is 5.34. The van der Waals surface area contributed by atoms with E-state index >= 15 is 0 Å². The molecule has 8 nitrogen and oxygen atoms in total. The van der Waals surface area contributed by atoms with Gasteiger partial charge in [0.25, 0.3) is 0 Å². The molecule has 2 unspecified atom stereocenters. The number of halogens is 1. The van der Waals surface area contributed by atoms with Crippen LogP contribution in [0.1, 0.15) is 19.3 Å². The molecule has 3 aromatic rings. The zero-order chi connectivity index (χ0) is 21.5. The molecule has 0 aliphatic carbocycles. The van der Waals surface area contributed by atoms with Gasteiger partial charge in [-0.25, -0.2) is 14.4 Å². The van der Waals surface area contributed by atoms with Crippen LogP contribution in [0.4, 0.5) is 9.52 Å².